The van der Waals surface area contributed by atoms with Crippen LogP contribution >= 0.6 is 0 Å². The zero-order valence-corrected chi connectivity index (χ0v) is 53.5. The summed E-state index contributed by atoms with van der Waals surface area (Å²) in [5.74, 6) is -0.914. The van der Waals surface area contributed by atoms with Crippen LogP contribution in [-0.2, 0) is 28.6 Å². The van der Waals surface area contributed by atoms with E-state index >= 15 is 0 Å². The maximum atomic E-state index is 13.0. The van der Waals surface area contributed by atoms with Crippen molar-refractivity contribution in [2.45, 2.75) is 348 Å². The number of allylic oxidation sites excluding steroid dienone is 16. The molecule has 0 aromatic carbocycles. The Bertz CT molecular complexity index is 1580. The van der Waals surface area contributed by atoms with Gasteiger partial charge in [-0.2, -0.15) is 0 Å². The minimum Gasteiger partial charge on any atom is -0.462 e. The largest absolute Gasteiger partial charge is 0.462 e. The molecule has 0 amide bonds. The van der Waals surface area contributed by atoms with Crippen molar-refractivity contribution < 1.29 is 28.6 Å². The lowest BCUT2D eigenvalue weighted by atomic mass is 10.0. The summed E-state index contributed by atoms with van der Waals surface area (Å²) in [6.45, 7) is 6.54. The van der Waals surface area contributed by atoms with E-state index in [1.165, 1.54) is 193 Å². The Labute approximate surface area is 502 Å². The molecule has 81 heavy (non-hydrogen) atoms. The van der Waals surface area contributed by atoms with Crippen LogP contribution in [0, 0.1) is 0 Å². The van der Waals surface area contributed by atoms with Crippen molar-refractivity contribution in [1.29, 1.82) is 0 Å². The van der Waals surface area contributed by atoms with E-state index in [0.717, 1.165) is 109 Å². The Hall–Kier alpha value is -3.67. The molecule has 0 saturated heterocycles. The maximum absolute atomic E-state index is 13.0. The average molecular weight is 1130 g/mol. The molecule has 0 N–H and O–H groups in total. The molecular formula is C75H130O6. The second-order valence-electron chi connectivity index (χ2n) is 23.1. The van der Waals surface area contributed by atoms with Gasteiger partial charge in [-0.3, -0.25) is 14.4 Å². The van der Waals surface area contributed by atoms with Gasteiger partial charge in [-0.15, -0.1) is 0 Å². The highest BCUT2D eigenvalue weighted by Crippen LogP contribution is 2.18. The van der Waals surface area contributed by atoms with Gasteiger partial charge >= 0.3 is 17.9 Å². The standard InChI is InChI=1S/C75H130O6/c1-4-7-10-13-16-19-22-25-28-30-32-34-36-37-38-39-40-42-43-45-47-50-53-56-59-62-65-68-74(77)80-71-72(70-79-73(76)67-64-61-58-55-52-49-27-24-21-18-15-12-9-6-3)81-75(78)69-66-63-60-57-54-51-48-46-44-41-35-33-31-29-26-23-20-17-14-11-8-5-2/h7,10,16,19,25,28,32,34,37-38,40,42,45,47,53,56,72H,4-6,8-9,11-15,17-18,20-24,26-27,29-31,33,35-36,39,41,43-44,46,48-52,54-55,57-71H2,1-3H3/b10-7-,19-16-,28-25-,34-32-,38-37-,42-40-,47-45-,56-53-. The molecule has 1 atom stereocenters. The maximum Gasteiger partial charge on any atom is 0.306 e. The average Bonchev–Trinajstić information content (AvgIpc) is 3.47. The predicted molar refractivity (Wildman–Crippen MR) is 353 cm³/mol. The van der Waals surface area contributed by atoms with Crippen molar-refractivity contribution >= 4 is 17.9 Å². The SMILES string of the molecule is CC/C=C\C/C=C\C/C=C\C/C=C\C/C=C\C/C=C\C/C=C\C/C=C\CCCCC(=O)OCC(COC(=O)CCCCCCCCCCCCCCCC)OC(=O)CCCCCCCCCCCCCCCCCCCCCCCC. The van der Waals surface area contributed by atoms with Gasteiger partial charge in [-0.05, 0) is 83.5 Å². The van der Waals surface area contributed by atoms with E-state index in [1.54, 1.807) is 0 Å². The summed E-state index contributed by atoms with van der Waals surface area (Å²) in [7, 11) is 0. The van der Waals surface area contributed by atoms with E-state index in [0.29, 0.717) is 19.3 Å². The second kappa shape index (κ2) is 68.8. The van der Waals surface area contributed by atoms with Gasteiger partial charge in [0, 0.05) is 19.3 Å². The first-order chi connectivity index (χ1) is 40.0. The molecule has 0 heterocycles. The van der Waals surface area contributed by atoms with Crippen molar-refractivity contribution in [2.24, 2.45) is 0 Å². The summed E-state index contributed by atoms with van der Waals surface area (Å²) in [6, 6.07) is 0. The van der Waals surface area contributed by atoms with E-state index in [-0.39, 0.29) is 31.1 Å². The normalized spacial score (nSPS) is 12.7. The first-order valence-electron chi connectivity index (χ1n) is 34.7. The Morgan fingerprint density at radius 3 is 0.753 bits per heavy atom. The van der Waals surface area contributed by atoms with Crippen LogP contribution in [0.4, 0.5) is 0 Å². The third-order valence-corrected chi connectivity index (χ3v) is 15.1. The molecule has 1 unspecified atom stereocenters. The Morgan fingerprint density at radius 1 is 0.259 bits per heavy atom. The number of esters is 3. The van der Waals surface area contributed by atoms with Crippen molar-refractivity contribution in [1.82, 2.24) is 0 Å². The molecule has 6 nitrogen and oxygen atoms in total. The molecule has 0 aromatic heterocycles. The highest BCUT2D eigenvalue weighted by Gasteiger charge is 2.19. The summed E-state index contributed by atoms with van der Waals surface area (Å²) in [5.41, 5.74) is 0. The molecule has 0 aliphatic rings. The van der Waals surface area contributed by atoms with Crippen LogP contribution in [0.15, 0.2) is 97.2 Å². The third kappa shape index (κ3) is 67.0. The lowest BCUT2D eigenvalue weighted by Crippen LogP contribution is -2.30. The fourth-order valence-corrected chi connectivity index (χ4v) is 9.93. The lowest BCUT2D eigenvalue weighted by Gasteiger charge is -2.18. The summed E-state index contributed by atoms with van der Waals surface area (Å²) in [4.78, 5) is 38.4. The summed E-state index contributed by atoms with van der Waals surface area (Å²) < 4.78 is 16.9. The molecule has 6 heteroatoms. The molecule has 0 aromatic rings. The monoisotopic (exact) mass is 1130 g/mol. The summed E-state index contributed by atoms with van der Waals surface area (Å²) >= 11 is 0. The molecule has 0 radical (unpaired) electrons. The zero-order chi connectivity index (χ0) is 58.5. The van der Waals surface area contributed by atoms with Gasteiger partial charge in [0.2, 0.25) is 0 Å². The van der Waals surface area contributed by atoms with Gasteiger partial charge in [0.05, 0.1) is 0 Å². The number of unbranched alkanes of at least 4 members (excludes halogenated alkanes) is 36. The van der Waals surface area contributed by atoms with Crippen LogP contribution in [0.3, 0.4) is 0 Å². The summed E-state index contributed by atoms with van der Waals surface area (Å²) in [6.07, 6.45) is 92.9. The van der Waals surface area contributed by atoms with Gasteiger partial charge in [-0.25, -0.2) is 0 Å². The Balaban J connectivity index is 4.39. The highest BCUT2D eigenvalue weighted by atomic mass is 16.6. The number of hydrogen-bond acceptors (Lipinski definition) is 6. The van der Waals surface area contributed by atoms with Gasteiger partial charge in [0.25, 0.3) is 0 Å². The van der Waals surface area contributed by atoms with E-state index in [4.69, 9.17) is 14.2 Å². The lowest BCUT2D eigenvalue weighted by molar-refractivity contribution is -0.167. The predicted octanol–water partition coefficient (Wildman–Crippen LogP) is 24.0. The fourth-order valence-electron chi connectivity index (χ4n) is 9.93. The van der Waals surface area contributed by atoms with Crippen molar-refractivity contribution in [2.75, 3.05) is 13.2 Å². The molecular weight excluding hydrogens is 997 g/mol. The number of rotatable bonds is 63. The van der Waals surface area contributed by atoms with E-state index in [2.05, 4.69) is 118 Å². The van der Waals surface area contributed by atoms with Crippen molar-refractivity contribution in [3.63, 3.8) is 0 Å². The quantitative estimate of drug-likeness (QED) is 0.0261. The molecule has 0 rings (SSSR count). The molecule has 0 bridgehead atoms. The van der Waals surface area contributed by atoms with Crippen molar-refractivity contribution in [3.05, 3.63) is 97.2 Å². The second-order valence-corrected chi connectivity index (χ2v) is 23.1. The number of ether oxygens (including phenoxy) is 3. The zero-order valence-electron chi connectivity index (χ0n) is 53.5. The van der Waals surface area contributed by atoms with Gasteiger partial charge in [0.1, 0.15) is 13.2 Å². The van der Waals surface area contributed by atoms with Crippen LogP contribution < -0.4 is 0 Å². The Kier molecular flexibility index (Phi) is 65.7. The fraction of sp³-hybridized carbons (Fsp3) is 0.747. The Morgan fingerprint density at radius 2 is 0.481 bits per heavy atom. The van der Waals surface area contributed by atoms with Crippen molar-refractivity contribution in [3.8, 4) is 0 Å². The van der Waals surface area contributed by atoms with Gasteiger partial charge < -0.3 is 14.2 Å². The van der Waals surface area contributed by atoms with Crippen LogP contribution in [0.2, 0.25) is 0 Å². The molecule has 466 valence electrons. The molecule has 0 aliphatic heterocycles. The minimum absolute atomic E-state index is 0.0869. The third-order valence-electron chi connectivity index (χ3n) is 15.1. The van der Waals surface area contributed by atoms with Gasteiger partial charge in [-0.1, -0.05) is 336 Å². The topological polar surface area (TPSA) is 78.9 Å². The molecule has 0 aliphatic carbocycles. The number of carbonyl (C=O) groups excluding carboxylic acids is 3. The molecule has 0 spiro atoms. The van der Waals surface area contributed by atoms with E-state index < -0.39 is 6.10 Å². The van der Waals surface area contributed by atoms with E-state index in [1.807, 2.05) is 0 Å². The molecule has 0 saturated carbocycles. The van der Waals surface area contributed by atoms with Crippen LogP contribution in [-0.4, -0.2) is 37.2 Å². The first-order valence-corrected chi connectivity index (χ1v) is 34.7. The number of hydrogen-bond donors (Lipinski definition) is 0. The van der Waals surface area contributed by atoms with E-state index in [9.17, 15) is 14.4 Å². The van der Waals surface area contributed by atoms with Crippen LogP contribution in [0.1, 0.15) is 342 Å². The smallest absolute Gasteiger partial charge is 0.306 e. The number of carbonyl (C=O) groups is 3. The molecule has 0 fully saturated rings. The van der Waals surface area contributed by atoms with Crippen LogP contribution in [0.5, 0.6) is 0 Å². The first kappa shape index (κ1) is 77.3. The van der Waals surface area contributed by atoms with Crippen LogP contribution in [0.25, 0.3) is 0 Å². The van der Waals surface area contributed by atoms with Gasteiger partial charge in [0.15, 0.2) is 6.10 Å². The summed E-state index contributed by atoms with van der Waals surface area (Å²) in [5, 5.41) is 0. The minimum atomic E-state index is -0.795. The highest BCUT2D eigenvalue weighted by molar-refractivity contribution is 5.71.